The van der Waals surface area contributed by atoms with Crippen molar-refractivity contribution < 1.29 is 24.2 Å². The summed E-state index contributed by atoms with van der Waals surface area (Å²) in [5, 5.41) is 11.8. The molecule has 0 radical (unpaired) electrons. The van der Waals surface area contributed by atoms with Gasteiger partial charge in [0.05, 0.1) is 17.9 Å². The molecule has 2 aromatic rings. The molecular weight excluding hydrogens is 336 g/mol. The van der Waals surface area contributed by atoms with Gasteiger partial charge < -0.3 is 19.9 Å². The number of methoxy groups -OCH3 is 1. The molecule has 7 heteroatoms. The number of carboxylic acid groups (broad SMARTS) is 1. The number of rotatable bonds is 9. The number of carboxylic acids is 1. The highest BCUT2D eigenvalue weighted by Crippen LogP contribution is 2.14. The third kappa shape index (κ3) is 5.56. The number of carbonyl (C=O) groups excluding carboxylic acids is 1. The van der Waals surface area contributed by atoms with Gasteiger partial charge in [-0.1, -0.05) is 12.1 Å². The first-order valence-electron chi connectivity index (χ1n) is 8.21. The minimum atomic E-state index is -1.07. The highest BCUT2D eigenvalue weighted by atomic mass is 16.5. The second kappa shape index (κ2) is 9.53. The molecule has 138 valence electrons. The highest BCUT2D eigenvalue weighted by Gasteiger charge is 2.13. The molecular formula is C19H22N2O5. The van der Waals surface area contributed by atoms with E-state index in [2.05, 4.69) is 10.3 Å². The molecule has 2 N–H and O–H groups in total. The van der Waals surface area contributed by atoms with Crippen LogP contribution in [0.3, 0.4) is 0 Å². The zero-order valence-corrected chi connectivity index (χ0v) is 14.8. The summed E-state index contributed by atoms with van der Waals surface area (Å²) in [5.74, 6) is -0.701. The second-order valence-electron chi connectivity index (χ2n) is 5.66. The average Bonchev–Trinajstić information content (AvgIpc) is 2.63. The number of hydrogen-bond acceptors (Lipinski definition) is 5. The lowest BCUT2D eigenvalue weighted by Gasteiger charge is -2.09. The van der Waals surface area contributed by atoms with Crippen LogP contribution in [0.5, 0.6) is 5.75 Å². The van der Waals surface area contributed by atoms with Gasteiger partial charge in [-0.05, 0) is 36.8 Å². The summed E-state index contributed by atoms with van der Waals surface area (Å²) in [7, 11) is 1.65. The van der Waals surface area contributed by atoms with E-state index in [-0.39, 0.29) is 17.2 Å². The first-order chi connectivity index (χ1) is 12.5. The number of benzene rings is 1. The molecule has 26 heavy (non-hydrogen) atoms. The lowest BCUT2D eigenvalue weighted by Crippen LogP contribution is -2.24. The fourth-order valence-corrected chi connectivity index (χ4v) is 2.32. The monoisotopic (exact) mass is 358 g/mol. The molecule has 2 rings (SSSR count). The maximum absolute atomic E-state index is 12.2. The third-order valence-electron chi connectivity index (χ3n) is 3.66. The van der Waals surface area contributed by atoms with E-state index in [0.717, 1.165) is 17.7 Å². The van der Waals surface area contributed by atoms with Crippen LogP contribution in [-0.4, -0.2) is 42.3 Å². The number of nitrogens with one attached hydrogen (secondary N) is 1. The lowest BCUT2D eigenvalue weighted by molar-refractivity contribution is 0.0694. The quantitative estimate of drug-likeness (QED) is 0.668. The zero-order chi connectivity index (χ0) is 18.9. The van der Waals surface area contributed by atoms with Crippen LogP contribution in [-0.2, 0) is 11.3 Å². The van der Waals surface area contributed by atoms with E-state index in [9.17, 15) is 9.59 Å². The van der Waals surface area contributed by atoms with Gasteiger partial charge in [-0.2, -0.15) is 0 Å². The van der Waals surface area contributed by atoms with Gasteiger partial charge in [-0.3, -0.25) is 4.79 Å². The van der Waals surface area contributed by atoms with Gasteiger partial charge in [-0.15, -0.1) is 0 Å². The third-order valence-corrected chi connectivity index (χ3v) is 3.66. The van der Waals surface area contributed by atoms with Crippen molar-refractivity contribution in [3.63, 3.8) is 0 Å². The van der Waals surface area contributed by atoms with Crippen LogP contribution in [0.2, 0.25) is 0 Å². The second-order valence-corrected chi connectivity index (χ2v) is 5.66. The summed E-state index contributed by atoms with van der Waals surface area (Å²) in [5.41, 5.74) is 1.46. The van der Waals surface area contributed by atoms with Crippen LogP contribution < -0.4 is 10.1 Å². The Bertz CT molecular complexity index is 776. The van der Waals surface area contributed by atoms with Crippen molar-refractivity contribution >= 4 is 11.9 Å². The molecule has 0 unspecified atom stereocenters. The minimum absolute atomic E-state index is 0.0832. The van der Waals surface area contributed by atoms with E-state index in [1.54, 1.807) is 14.0 Å². The summed E-state index contributed by atoms with van der Waals surface area (Å²) >= 11 is 0. The maximum atomic E-state index is 12.2. The Morgan fingerprint density at radius 2 is 2.00 bits per heavy atom. The van der Waals surface area contributed by atoms with Crippen molar-refractivity contribution in [1.29, 1.82) is 0 Å². The number of aromatic nitrogens is 1. The molecule has 0 saturated carbocycles. The van der Waals surface area contributed by atoms with Crippen molar-refractivity contribution in [3.8, 4) is 5.75 Å². The summed E-state index contributed by atoms with van der Waals surface area (Å²) in [6.45, 7) is 3.08. The number of amides is 1. The maximum Gasteiger partial charge on any atom is 0.337 e. The number of ether oxygens (including phenoxy) is 2. The molecule has 0 bridgehead atoms. The molecule has 7 nitrogen and oxygen atoms in total. The van der Waals surface area contributed by atoms with Crippen molar-refractivity contribution in [1.82, 2.24) is 10.3 Å². The first-order valence-corrected chi connectivity index (χ1v) is 8.21. The van der Waals surface area contributed by atoms with Crippen LogP contribution in [0.1, 0.15) is 38.5 Å². The fourth-order valence-electron chi connectivity index (χ4n) is 2.32. The largest absolute Gasteiger partial charge is 0.493 e. The Morgan fingerprint density at radius 1 is 1.19 bits per heavy atom. The summed E-state index contributed by atoms with van der Waals surface area (Å²) in [4.78, 5) is 27.3. The van der Waals surface area contributed by atoms with Gasteiger partial charge >= 0.3 is 5.97 Å². The SMILES string of the molecule is COCCCOc1cccc(CNC(=O)c2ccc(C(=O)O)c(C)n2)c1. The van der Waals surface area contributed by atoms with E-state index < -0.39 is 5.97 Å². The Balaban J connectivity index is 1.93. The lowest BCUT2D eigenvalue weighted by atomic mass is 10.1. The number of pyridine rings is 1. The Hall–Kier alpha value is -2.93. The zero-order valence-electron chi connectivity index (χ0n) is 14.8. The topological polar surface area (TPSA) is 97.8 Å². The van der Waals surface area contributed by atoms with Gasteiger partial charge in [0.25, 0.3) is 5.91 Å². The molecule has 1 heterocycles. The predicted molar refractivity (Wildman–Crippen MR) is 95.5 cm³/mol. The van der Waals surface area contributed by atoms with E-state index in [4.69, 9.17) is 14.6 Å². The molecule has 0 aliphatic rings. The van der Waals surface area contributed by atoms with Crippen LogP contribution in [0, 0.1) is 6.92 Å². The summed E-state index contributed by atoms with van der Waals surface area (Å²) < 4.78 is 10.6. The molecule has 0 aliphatic carbocycles. The molecule has 0 aliphatic heterocycles. The molecule has 0 saturated heterocycles. The minimum Gasteiger partial charge on any atom is -0.493 e. The molecule has 0 atom stereocenters. The van der Waals surface area contributed by atoms with E-state index in [1.165, 1.54) is 12.1 Å². The number of hydrogen-bond donors (Lipinski definition) is 2. The highest BCUT2D eigenvalue weighted by molar-refractivity contribution is 5.94. The van der Waals surface area contributed by atoms with Gasteiger partial charge in [0.15, 0.2) is 0 Å². The van der Waals surface area contributed by atoms with E-state index >= 15 is 0 Å². The summed E-state index contributed by atoms with van der Waals surface area (Å²) in [6.07, 6.45) is 0.800. The van der Waals surface area contributed by atoms with Crippen LogP contribution in [0.15, 0.2) is 36.4 Å². The fraction of sp³-hybridized carbons (Fsp3) is 0.316. The van der Waals surface area contributed by atoms with Crippen molar-refractivity contribution in [2.45, 2.75) is 19.9 Å². The number of aryl methyl sites for hydroxylation is 1. The predicted octanol–water partition coefficient (Wildman–Crippen LogP) is 2.43. The Kier molecular flexibility index (Phi) is 7.11. The Labute approximate surface area is 152 Å². The molecule has 1 aromatic carbocycles. The summed E-state index contributed by atoms with van der Waals surface area (Å²) in [6, 6.07) is 10.2. The van der Waals surface area contributed by atoms with Crippen LogP contribution in [0.4, 0.5) is 0 Å². The number of carbonyl (C=O) groups is 2. The molecule has 1 aromatic heterocycles. The number of aromatic carboxylic acids is 1. The molecule has 1 amide bonds. The van der Waals surface area contributed by atoms with Gasteiger partial charge in [0.2, 0.25) is 0 Å². The smallest absolute Gasteiger partial charge is 0.337 e. The first kappa shape index (κ1) is 19.4. The van der Waals surface area contributed by atoms with Gasteiger partial charge in [0.1, 0.15) is 11.4 Å². The average molecular weight is 358 g/mol. The van der Waals surface area contributed by atoms with Crippen molar-refractivity contribution in [2.24, 2.45) is 0 Å². The van der Waals surface area contributed by atoms with Crippen molar-refractivity contribution in [2.75, 3.05) is 20.3 Å². The van der Waals surface area contributed by atoms with Crippen molar-refractivity contribution in [3.05, 3.63) is 58.9 Å². The Morgan fingerprint density at radius 3 is 2.69 bits per heavy atom. The normalized spacial score (nSPS) is 10.4. The standard InChI is InChI=1S/C19H22N2O5/c1-13-16(19(23)24)7-8-17(21-13)18(22)20-12-14-5-3-6-15(11-14)26-10-4-9-25-2/h3,5-8,11H,4,9-10,12H2,1-2H3,(H,20,22)(H,23,24). The van der Waals surface area contributed by atoms with E-state index in [0.29, 0.717) is 25.5 Å². The van der Waals surface area contributed by atoms with Gasteiger partial charge in [0, 0.05) is 26.7 Å². The molecule has 0 fully saturated rings. The van der Waals surface area contributed by atoms with Gasteiger partial charge in [-0.25, -0.2) is 9.78 Å². The van der Waals surface area contributed by atoms with E-state index in [1.807, 2.05) is 24.3 Å². The number of nitrogens with zero attached hydrogens (tertiary/aromatic N) is 1. The molecule has 0 spiro atoms. The van der Waals surface area contributed by atoms with Crippen LogP contribution >= 0.6 is 0 Å². The van der Waals surface area contributed by atoms with Crippen LogP contribution in [0.25, 0.3) is 0 Å².